The van der Waals surface area contributed by atoms with Gasteiger partial charge in [-0.1, -0.05) is 72.1 Å². The number of nitrogens with one attached hydrogen (secondary N) is 4. The Labute approximate surface area is 316 Å². The van der Waals surface area contributed by atoms with Crippen molar-refractivity contribution in [3.05, 3.63) is 0 Å². The molecule has 1 aliphatic heterocycles. The number of likely N-dealkylation sites (tertiary alicyclic amines) is 1. The molecule has 6 fully saturated rings. The molecule has 53 heavy (non-hydrogen) atoms. The summed E-state index contributed by atoms with van der Waals surface area (Å²) in [6.45, 7) is 11.6. The Kier molecular flexibility index (Phi) is 11.1. The highest BCUT2D eigenvalue weighted by molar-refractivity contribution is 7.92. The molecule has 5 amide bonds. The van der Waals surface area contributed by atoms with Crippen molar-refractivity contribution in [2.24, 2.45) is 28.6 Å². The van der Waals surface area contributed by atoms with Gasteiger partial charge in [-0.05, 0) is 101 Å². The first kappa shape index (κ1) is 40.0. The number of ketones is 1. The van der Waals surface area contributed by atoms with Gasteiger partial charge in [0.15, 0.2) is 9.84 Å². The molecule has 0 spiro atoms. The Morgan fingerprint density at radius 3 is 2.00 bits per heavy atom. The Hall–Kier alpha value is -2.70. The van der Waals surface area contributed by atoms with Gasteiger partial charge in [0.1, 0.15) is 12.1 Å². The molecular formula is C40H65N5O7S. The van der Waals surface area contributed by atoms with Crippen molar-refractivity contribution >= 4 is 39.4 Å². The molecule has 5 aliphatic carbocycles. The van der Waals surface area contributed by atoms with Crippen LogP contribution >= 0.6 is 0 Å². The van der Waals surface area contributed by atoms with Crippen LogP contribution in [0.3, 0.4) is 0 Å². The molecule has 0 radical (unpaired) electrons. The molecule has 0 aromatic rings. The Balaban J connectivity index is 1.23. The number of piperidine rings is 1. The van der Waals surface area contributed by atoms with Gasteiger partial charge in [0.2, 0.25) is 17.6 Å². The molecule has 12 nitrogen and oxygen atoms in total. The normalized spacial score (nSPS) is 28.5. The van der Waals surface area contributed by atoms with E-state index in [9.17, 15) is 32.4 Å². The summed E-state index contributed by atoms with van der Waals surface area (Å²) < 4.78 is 26.0. The van der Waals surface area contributed by atoms with Gasteiger partial charge in [-0.2, -0.15) is 0 Å². The van der Waals surface area contributed by atoms with Gasteiger partial charge in [0.05, 0.1) is 22.1 Å². The maximum absolute atomic E-state index is 15.0. The zero-order valence-electron chi connectivity index (χ0n) is 33.0. The lowest BCUT2D eigenvalue weighted by Crippen LogP contribution is -2.65. The predicted octanol–water partition coefficient (Wildman–Crippen LogP) is 4.55. The lowest BCUT2D eigenvalue weighted by molar-refractivity contribution is -0.146. The molecule has 0 bridgehead atoms. The fourth-order valence-corrected chi connectivity index (χ4v) is 11.2. The predicted molar refractivity (Wildman–Crippen MR) is 202 cm³/mol. The third-order valence-corrected chi connectivity index (χ3v) is 16.7. The van der Waals surface area contributed by atoms with Crippen molar-refractivity contribution < 1.29 is 32.4 Å². The van der Waals surface area contributed by atoms with Gasteiger partial charge >= 0.3 is 6.03 Å². The van der Waals surface area contributed by atoms with E-state index in [4.69, 9.17) is 0 Å². The third kappa shape index (κ3) is 8.75. The first-order valence-corrected chi connectivity index (χ1v) is 22.2. The van der Waals surface area contributed by atoms with E-state index in [0.29, 0.717) is 31.7 Å². The van der Waals surface area contributed by atoms with Crippen LogP contribution in [0, 0.1) is 28.6 Å². The minimum atomic E-state index is -3.56. The highest BCUT2D eigenvalue weighted by atomic mass is 32.2. The fraction of sp³-hybridized carbons (Fsp3) is 0.875. The van der Waals surface area contributed by atoms with Crippen LogP contribution in [-0.4, -0.2) is 89.6 Å². The monoisotopic (exact) mass is 759 g/mol. The summed E-state index contributed by atoms with van der Waals surface area (Å²) >= 11 is 0. The Morgan fingerprint density at radius 1 is 0.830 bits per heavy atom. The summed E-state index contributed by atoms with van der Waals surface area (Å²) in [5.41, 5.74) is -1.70. The molecule has 13 heteroatoms. The number of amides is 5. The highest BCUT2D eigenvalue weighted by Gasteiger charge is 2.70. The van der Waals surface area contributed by atoms with Crippen LogP contribution in [0.2, 0.25) is 0 Å². The lowest BCUT2D eigenvalue weighted by atomic mass is 9.70. The molecular weight excluding hydrogens is 695 g/mol. The number of nitrogens with zero attached hydrogens (tertiary/aromatic N) is 1. The third-order valence-electron chi connectivity index (χ3n) is 13.9. The molecule has 0 aromatic carbocycles. The van der Waals surface area contributed by atoms with Crippen LogP contribution < -0.4 is 21.3 Å². The largest absolute Gasteiger partial charge is 0.347 e. The molecule has 0 aromatic heterocycles. The molecule has 5 saturated carbocycles. The number of sulfone groups is 1. The molecule has 4 N–H and O–H groups in total. The number of hydrogen-bond acceptors (Lipinski definition) is 7. The van der Waals surface area contributed by atoms with Gasteiger partial charge in [-0.15, -0.1) is 0 Å². The number of hydrogen-bond donors (Lipinski definition) is 4. The van der Waals surface area contributed by atoms with Crippen molar-refractivity contribution in [2.45, 2.75) is 179 Å². The lowest BCUT2D eigenvalue weighted by Gasteiger charge is -2.44. The topological polar surface area (TPSA) is 171 Å². The standard InChI is InChI=1S/C40H65N5O7S/c1-37(2,3)53(51,52)24-40(21-11-8-12-22-40)44-36(50)43-32(39(6)19-9-7-10-20-39)35(49)45-23-27-29(38(27,4)5)30(45)33(47)42-28(18-15-25-13-14-25)31(46)34(48)41-26-16-17-26/h25-30,32H,7-24H2,1-6H3,(H,41,48)(H,42,47)(H2,43,44,50)/t27?,28?,29?,30-,32-/m1/s1. The Morgan fingerprint density at radius 2 is 1.43 bits per heavy atom. The number of carbonyl (C=O) groups is 5. The minimum Gasteiger partial charge on any atom is -0.347 e. The highest BCUT2D eigenvalue weighted by Crippen LogP contribution is 2.65. The van der Waals surface area contributed by atoms with Crippen molar-refractivity contribution in [3.63, 3.8) is 0 Å². The minimum absolute atomic E-state index is 0.0147. The van der Waals surface area contributed by atoms with Crippen molar-refractivity contribution in [3.8, 4) is 0 Å². The Bertz CT molecular complexity index is 1550. The summed E-state index contributed by atoms with van der Waals surface area (Å²) in [5.74, 6) is -1.74. The smallest absolute Gasteiger partial charge is 0.315 e. The second-order valence-electron chi connectivity index (χ2n) is 19.5. The van der Waals surface area contributed by atoms with Gasteiger partial charge in [0, 0.05) is 12.6 Å². The summed E-state index contributed by atoms with van der Waals surface area (Å²) in [5, 5.41) is 11.9. The van der Waals surface area contributed by atoms with Crippen molar-refractivity contribution in [1.29, 1.82) is 0 Å². The summed E-state index contributed by atoms with van der Waals surface area (Å²) in [4.78, 5) is 71.4. The average Bonchev–Trinajstić information content (AvgIpc) is 4.04. The molecule has 1 heterocycles. The van der Waals surface area contributed by atoms with Crippen LogP contribution in [0.15, 0.2) is 0 Å². The number of fused-ring (bicyclic) bond motifs is 1. The van der Waals surface area contributed by atoms with E-state index in [1.54, 1.807) is 25.7 Å². The first-order valence-electron chi connectivity index (χ1n) is 20.5. The van der Waals surface area contributed by atoms with Gasteiger partial charge < -0.3 is 26.2 Å². The van der Waals surface area contributed by atoms with Gasteiger partial charge in [-0.3, -0.25) is 19.2 Å². The quantitative estimate of drug-likeness (QED) is 0.188. The number of carbonyl (C=O) groups excluding carboxylic acids is 5. The molecule has 5 atom stereocenters. The second-order valence-corrected chi connectivity index (χ2v) is 22.3. The van der Waals surface area contributed by atoms with Crippen molar-refractivity contribution in [1.82, 2.24) is 26.2 Å². The summed E-state index contributed by atoms with van der Waals surface area (Å²) in [6.07, 6.45) is 12.9. The zero-order chi connectivity index (χ0) is 38.6. The molecule has 6 rings (SSSR count). The van der Waals surface area contributed by atoms with E-state index in [0.717, 1.165) is 83.5 Å². The maximum atomic E-state index is 15.0. The first-order chi connectivity index (χ1) is 24.8. The number of rotatable bonds is 14. The number of urea groups is 1. The van der Waals surface area contributed by atoms with E-state index < -0.39 is 67.3 Å². The van der Waals surface area contributed by atoms with Crippen LogP contribution in [0.1, 0.15) is 144 Å². The van der Waals surface area contributed by atoms with Crippen LogP contribution in [-0.2, 0) is 29.0 Å². The van der Waals surface area contributed by atoms with Crippen LogP contribution in [0.4, 0.5) is 4.79 Å². The second kappa shape index (κ2) is 14.8. The van der Waals surface area contributed by atoms with Crippen molar-refractivity contribution in [2.75, 3.05) is 12.3 Å². The van der Waals surface area contributed by atoms with E-state index in [2.05, 4.69) is 35.1 Å². The van der Waals surface area contributed by atoms with E-state index in [-0.39, 0.29) is 35.0 Å². The molecule has 6 aliphatic rings. The van der Waals surface area contributed by atoms with Crippen LogP contribution in [0.25, 0.3) is 0 Å². The summed E-state index contributed by atoms with van der Waals surface area (Å²) in [6, 6.07) is -3.28. The van der Waals surface area contributed by atoms with Gasteiger partial charge in [0.25, 0.3) is 5.91 Å². The fourth-order valence-electron chi connectivity index (χ4n) is 9.66. The average molecular weight is 760 g/mol. The molecule has 1 saturated heterocycles. The molecule has 3 unspecified atom stereocenters. The number of Topliss-reactive ketones (excluding diaryl/α,β-unsaturated/α-hetero) is 1. The molecule has 298 valence electrons. The van der Waals surface area contributed by atoms with E-state index in [1.165, 1.54) is 0 Å². The van der Waals surface area contributed by atoms with Crippen LogP contribution in [0.5, 0.6) is 0 Å². The summed E-state index contributed by atoms with van der Waals surface area (Å²) in [7, 11) is -3.56. The van der Waals surface area contributed by atoms with E-state index in [1.807, 2.05) is 6.92 Å². The maximum Gasteiger partial charge on any atom is 0.315 e. The zero-order valence-corrected chi connectivity index (χ0v) is 33.8. The van der Waals surface area contributed by atoms with Gasteiger partial charge in [-0.25, -0.2) is 13.2 Å². The SMILES string of the molecule is CC1(C)C2CN(C(=O)[C@@H](NC(=O)NC3(CS(=O)(=O)C(C)(C)C)CCCCC3)C3(C)CCCCC3)[C@@H](C(=O)NC(CCC3CC3)C(=O)C(=O)NC3CC3)C21. The van der Waals surface area contributed by atoms with E-state index >= 15 is 0 Å².